The number of halogens is 1. The summed E-state index contributed by atoms with van der Waals surface area (Å²) in [6.45, 7) is 1.65. The van der Waals surface area contributed by atoms with Crippen LogP contribution in [0.5, 0.6) is 5.75 Å². The maximum atomic E-state index is 13.0. The molecule has 0 heterocycles. The molecule has 162 valence electrons. The van der Waals surface area contributed by atoms with Gasteiger partial charge in [-0.05, 0) is 60.5 Å². The molecule has 0 saturated heterocycles. The van der Waals surface area contributed by atoms with Crippen LogP contribution in [0.25, 0.3) is 0 Å². The molecule has 3 rings (SSSR count). The molecule has 0 saturated carbocycles. The molecular formula is C23H23FN2O4S. The van der Waals surface area contributed by atoms with E-state index in [4.69, 9.17) is 4.74 Å². The minimum absolute atomic E-state index is 0.114. The number of carbonyl (C=O) groups is 1. The van der Waals surface area contributed by atoms with E-state index in [1.54, 1.807) is 14.0 Å². The zero-order valence-corrected chi connectivity index (χ0v) is 18.0. The van der Waals surface area contributed by atoms with Crippen LogP contribution in [0.1, 0.15) is 11.1 Å². The quantitative estimate of drug-likeness (QED) is 0.578. The van der Waals surface area contributed by atoms with Gasteiger partial charge in [0, 0.05) is 19.3 Å². The van der Waals surface area contributed by atoms with E-state index in [1.807, 2.05) is 30.3 Å². The first kappa shape index (κ1) is 22.5. The maximum absolute atomic E-state index is 13.0. The Labute approximate surface area is 181 Å². The highest BCUT2D eigenvalue weighted by molar-refractivity contribution is 7.89. The van der Waals surface area contributed by atoms with Gasteiger partial charge in [-0.15, -0.1) is 0 Å². The number of ether oxygens (including phenoxy) is 1. The second kappa shape index (κ2) is 9.72. The number of nitrogens with one attached hydrogen (secondary N) is 1. The van der Waals surface area contributed by atoms with Crippen LogP contribution in [-0.4, -0.2) is 28.0 Å². The summed E-state index contributed by atoms with van der Waals surface area (Å²) in [7, 11) is -2.12. The smallest absolute Gasteiger partial charge is 0.264 e. The average molecular weight is 443 g/mol. The Kier molecular flexibility index (Phi) is 7.04. The molecule has 8 heteroatoms. The van der Waals surface area contributed by atoms with Crippen molar-refractivity contribution in [1.29, 1.82) is 0 Å². The number of hydrogen-bond acceptors (Lipinski definition) is 4. The summed E-state index contributed by atoms with van der Waals surface area (Å²) in [6, 6.07) is 19.2. The van der Waals surface area contributed by atoms with E-state index in [0.717, 1.165) is 5.56 Å². The molecule has 0 fully saturated rings. The zero-order valence-electron chi connectivity index (χ0n) is 17.2. The highest BCUT2D eigenvalue weighted by Crippen LogP contribution is 2.22. The summed E-state index contributed by atoms with van der Waals surface area (Å²) >= 11 is 0. The minimum Gasteiger partial charge on any atom is -0.483 e. The number of sulfonamides is 1. The molecule has 3 aromatic rings. The Morgan fingerprint density at radius 1 is 1.03 bits per heavy atom. The molecule has 0 atom stereocenters. The summed E-state index contributed by atoms with van der Waals surface area (Å²) in [5.74, 6) is -0.306. The maximum Gasteiger partial charge on any atom is 0.264 e. The normalized spacial score (nSPS) is 11.2. The number of hydrogen-bond donors (Lipinski definition) is 1. The van der Waals surface area contributed by atoms with Gasteiger partial charge in [0.05, 0.1) is 4.90 Å². The lowest BCUT2D eigenvalue weighted by Gasteiger charge is -2.18. The van der Waals surface area contributed by atoms with E-state index in [2.05, 4.69) is 4.72 Å². The summed E-state index contributed by atoms with van der Waals surface area (Å²) in [5, 5.41) is 0. The molecule has 0 unspecified atom stereocenters. The topological polar surface area (TPSA) is 75.7 Å². The Hall–Kier alpha value is -3.23. The number of likely N-dealkylation sites (N-methyl/N-ethyl adjacent to an activating group) is 1. The predicted molar refractivity (Wildman–Crippen MR) is 117 cm³/mol. The van der Waals surface area contributed by atoms with Gasteiger partial charge in [-0.3, -0.25) is 4.79 Å². The van der Waals surface area contributed by atoms with Gasteiger partial charge in [-0.1, -0.05) is 30.3 Å². The van der Waals surface area contributed by atoms with E-state index < -0.39 is 10.0 Å². The third-order valence-electron chi connectivity index (χ3n) is 4.71. The summed E-state index contributed by atoms with van der Waals surface area (Å²) in [4.78, 5) is 13.8. The van der Waals surface area contributed by atoms with Crippen molar-refractivity contribution >= 4 is 21.6 Å². The molecule has 0 bridgehead atoms. The third-order valence-corrected chi connectivity index (χ3v) is 6.10. The van der Waals surface area contributed by atoms with Crippen molar-refractivity contribution in [2.75, 3.05) is 18.6 Å². The van der Waals surface area contributed by atoms with Crippen LogP contribution in [0.4, 0.5) is 10.1 Å². The molecule has 0 radical (unpaired) electrons. The minimum atomic E-state index is -3.69. The van der Waals surface area contributed by atoms with E-state index in [1.165, 1.54) is 47.4 Å². The molecule has 0 aliphatic rings. The first-order chi connectivity index (χ1) is 14.8. The van der Waals surface area contributed by atoms with Gasteiger partial charge >= 0.3 is 0 Å². The fourth-order valence-electron chi connectivity index (χ4n) is 2.85. The summed E-state index contributed by atoms with van der Waals surface area (Å²) < 4.78 is 46.3. The van der Waals surface area contributed by atoms with Crippen LogP contribution in [0, 0.1) is 12.7 Å². The zero-order chi connectivity index (χ0) is 22.4. The number of nitrogens with zero attached hydrogens (tertiary/aromatic N) is 1. The van der Waals surface area contributed by atoms with Crippen molar-refractivity contribution in [3.63, 3.8) is 0 Å². The second-order valence-electron chi connectivity index (χ2n) is 6.96. The van der Waals surface area contributed by atoms with Crippen LogP contribution < -0.4 is 14.4 Å². The Balaban J connectivity index is 1.62. The van der Waals surface area contributed by atoms with Crippen LogP contribution in [0.15, 0.2) is 77.7 Å². The van der Waals surface area contributed by atoms with Gasteiger partial charge in [0.2, 0.25) is 10.0 Å². The first-order valence-corrected chi connectivity index (χ1v) is 11.0. The van der Waals surface area contributed by atoms with E-state index >= 15 is 0 Å². The molecule has 3 aromatic carbocycles. The first-order valence-electron chi connectivity index (χ1n) is 9.55. The number of rotatable bonds is 8. The predicted octanol–water partition coefficient (Wildman–Crippen LogP) is 3.65. The number of anilines is 1. The molecule has 6 nitrogen and oxygen atoms in total. The van der Waals surface area contributed by atoms with Gasteiger partial charge in [-0.2, -0.15) is 0 Å². The molecule has 0 aliphatic heterocycles. The molecule has 0 spiro atoms. The largest absolute Gasteiger partial charge is 0.483 e. The highest BCUT2D eigenvalue weighted by Gasteiger charge is 2.17. The van der Waals surface area contributed by atoms with Gasteiger partial charge in [0.25, 0.3) is 5.91 Å². The van der Waals surface area contributed by atoms with Crippen molar-refractivity contribution in [2.24, 2.45) is 0 Å². The summed E-state index contributed by atoms with van der Waals surface area (Å²) in [6.07, 6.45) is 0. The SMILES string of the molecule is Cc1cc(S(=O)(=O)NCc2ccccc2)ccc1OCC(=O)N(C)c1ccc(F)cc1. The lowest BCUT2D eigenvalue weighted by molar-refractivity contribution is -0.120. The van der Waals surface area contributed by atoms with Crippen LogP contribution in [0.2, 0.25) is 0 Å². The lowest BCUT2D eigenvalue weighted by Crippen LogP contribution is -2.31. The lowest BCUT2D eigenvalue weighted by atomic mass is 10.2. The Morgan fingerprint density at radius 2 is 1.71 bits per heavy atom. The average Bonchev–Trinajstić information content (AvgIpc) is 2.77. The summed E-state index contributed by atoms with van der Waals surface area (Å²) in [5.41, 5.74) is 1.98. The van der Waals surface area contributed by atoms with Gasteiger partial charge < -0.3 is 9.64 Å². The molecule has 31 heavy (non-hydrogen) atoms. The molecule has 1 amide bonds. The molecule has 0 aromatic heterocycles. The van der Waals surface area contributed by atoms with Crippen molar-refractivity contribution in [3.05, 3.63) is 89.7 Å². The molecular weight excluding hydrogens is 419 g/mol. The van der Waals surface area contributed by atoms with Gasteiger partial charge in [0.15, 0.2) is 6.61 Å². The van der Waals surface area contributed by atoms with Gasteiger partial charge in [-0.25, -0.2) is 17.5 Å². The number of amides is 1. The van der Waals surface area contributed by atoms with Crippen molar-refractivity contribution in [1.82, 2.24) is 4.72 Å². The number of carbonyl (C=O) groups excluding carboxylic acids is 1. The molecule has 1 N–H and O–H groups in total. The Bertz CT molecular complexity index is 1150. The number of benzene rings is 3. The standard InChI is InChI=1S/C23H23FN2O4S/c1-17-14-21(31(28,29)25-15-18-6-4-3-5-7-18)12-13-22(17)30-16-23(27)26(2)20-10-8-19(24)9-11-20/h3-14,25H,15-16H2,1-2H3. The monoisotopic (exact) mass is 442 g/mol. The van der Waals surface area contributed by atoms with Crippen molar-refractivity contribution in [3.8, 4) is 5.75 Å². The van der Waals surface area contributed by atoms with Crippen molar-refractivity contribution in [2.45, 2.75) is 18.4 Å². The van der Waals surface area contributed by atoms with Crippen molar-refractivity contribution < 1.29 is 22.3 Å². The van der Waals surface area contributed by atoms with Crippen LogP contribution in [0.3, 0.4) is 0 Å². The fourth-order valence-corrected chi connectivity index (χ4v) is 3.96. The second-order valence-corrected chi connectivity index (χ2v) is 8.72. The van der Waals surface area contributed by atoms with E-state index in [-0.39, 0.29) is 29.8 Å². The van der Waals surface area contributed by atoms with Gasteiger partial charge in [0.1, 0.15) is 11.6 Å². The fraction of sp³-hybridized carbons (Fsp3) is 0.174. The molecule has 0 aliphatic carbocycles. The van der Waals surface area contributed by atoms with E-state index in [9.17, 15) is 17.6 Å². The Morgan fingerprint density at radius 3 is 2.35 bits per heavy atom. The van der Waals surface area contributed by atoms with Crippen LogP contribution >= 0.6 is 0 Å². The highest BCUT2D eigenvalue weighted by atomic mass is 32.2. The van der Waals surface area contributed by atoms with Crippen LogP contribution in [-0.2, 0) is 21.4 Å². The third kappa shape index (κ3) is 5.90. The number of aryl methyl sites for hydroxylation is 1. The van der Waals surface area contributed by atoms with E-state index in [0.29, 0.717) is 17.0 Å².